The molecule has 0 bridgehead atoms. The highest BCUT2D eigenvalue weighted by Crippen LogP contribution is 2.27. The zero-order valence-electron chi connectivity index (χ0n) is 19.1. The van der Waals surface area contributed by atoms with Gasteiger partial charge in [-0.05, 0) is 60.9 Å². The molecule has 0 spiro atoms. The van der Waals surface area contributed by atoms with Crippen LogP contribution in [0.4, 0.5) is 5.69 Å². The minimum Gasteiger partial charge on any atom is -0.340 e. The molecule has 0 aliphatic rings. The Hall–Kier alpha value is -3.64. The number of rotatable bonds is 6. The maximum atomic E-state index is 13.0. The van der Waals surface area contributed by atoms with Crippen molar-refractivity contribution in [2.75, 3.05) is 5.32 Å². The number of amides is 1. The van der Waals surface area contributed by atoms with E-state index >= 15 is 0 Å². The van der Waals surface area contributed by atoms with Crippen LogP contribution < -0.4 is 5.32 Å². The molecular weight excluding hydrogens is 488 g/mol. The van der Waals surface area contributed by atoms with Gasteiger partial charge in [0, 0.05) is 39.4 Å². The van der Waals surface area contributed by atoms with Crippen molar-refractivity contribution in [3.8, 4) is 0 Å². The summed E-state index contributed by atoms with van der Waals surface area (Å²) in [5, 5.41) is 8.47. The van der Waals surface area contributed by atoms with Gasteiger partial charge in [0.25, 0.3) is 5.91 Å². The summed E-state index contributed by atoms with van der Waals surface area (Å²) >= 11 is 3.45. The molecule has 1 amide bonds. The lowest BCUT2D eigenvalue weighted by Gasteiger charge is -2.09. The molecular formula is C28H25BrN4O. The van der Waals surface area contributed by atoms with E-state index in [2.05, 4.69) is 69.0 Å². The van der Waals surface area contributed by atoms with Gasteiger partial charge in [0.1, 0.15) is 0 Å². The number of benzene rings is 3. The van der Waals surface area contributed by atoms with Gasteiger partial charge >= 0.3 is 0 Å². The van der Waals surface area contributed by atoms with Gasteiger partial charge < -0.3 is 9.88 Å². The fourth-order valence-corrected chi connectivity index (χ4v) is 4.52. The molecule has 5 aromatic rings. The number of nitrogens with one attached hydrogen (secondary N) is 1. The molecule has 6 heteroatoms. The average molecular weight is 513 g/mol. The molecule has 5 nitrogen and oxygen atoms in total. The van der Waals surface area contributed by atoms with Crippen molar-refractivity contribution in [3.63, 3.8) is 0 Å². The van der Waals surface area contributed by atoms with Gasteiger partial charge in [-0.15, -0.1) is 0 Å². The van der Waals surface area contributed by atoms with E-state index in [1.54, 1.807) is 6.20 Å². The maximum Gasteiger partial charge on any atom is 0.255 e. The Bertz CT molecular complexity index is 1470. The molecule has 0 aliphatic heterocycles. The van der Waals surface area contributed by atoms with Gasteiger partial charge in [-0.25, -0.2) is 0 Å². The van der Waals surface area contributed by atoms with E-state index in [9.17, 15) is 4.79 Å². The first-order valence-electron chi connectivity index (χ1n) is 11.2. The molecule has 0 unspecified atom stereocenters. The molecule has 0 saturated heterocycles. The van der Waals surface area contributed by atoms with Crippen LogP contribution in [0.1, 0.15) is 32.7 Å². The Balaban J connectivity index is 1.34. The van der Waals surface area contributed by atoms with Crippen molar-refractivity contribution in [1.82, 2.24) is 14.3 Å². The van der Waals surface area contributed by atoms with Crippen molar-refractivity contribution in [1.29, 1.82) is 0 Å². The Morgan fingerprint density at radius 3 is 2.44 bits per heavy atom. The zero-order chi connectivity index (χ0) is 23.7. The van der Waals surface area contributed by atoms with Crippen LogP contribution in [0.5, 0.6) is 0 Å². The minimum atomic E-state index is -0.141. The van der Waals surface area contributed by atoms with E-state index in [0.29, 0.717) is 17.8 Å². The lowest BCUT2D eigenvalue weighted by Crippen LogP contribution is -2.11. The van der Waals surface area contributed by atoms with Gasteiger partial charge in [-0.1, -0.05) is 58.4 Å². The Labute approximate surface area is 207 Å². The number of anilines is 1. The molecule has 0 radical (unpaired) electrons. The highest BCUT2D eigenvalue weighted by molar-refractivity contribution is 9.10. The van der Waals surface area contributed by atoms with Crippen LogP contribution in [-0.4, -0.2) is 20.3 Å². The Morgan fingerprint density at radius 2 is 1.68 bits per heavy atom. The second kappa shape index (κ2) is 9.31. The molecule has 0 aliphatic carbocycles. The molecule has 170 valence electrons. The summed E-state index contributed by atoms with van der Waals surface area (Å²) in [5.41, 5.74) is 7.25. The van der Waals surface area contributed by atoms with E-state index in [-0.39, 0.29) is 5.91 Å². The van der Waals surface area contributed by atoms with Gasteiger partial charge in [-0.2, -0.15) is 5.10 Å². The summed E-state index contributed by atoms with van der Waals surface area (Å²) in [6.45, 7) is 5.70. The Kier molecular flexibility index (Phi) is 6.07. The summed E-state index contributed by atoms with van der Waals surface area (Å²) in [6.07, 6.45) is 3.53. The van der Waals surface area contributed by atoms with Crippen molar-refractivity contribution in [3.05, 3.63) is 118 Å². The fraction of sp³-hybridized carbons (Fsp3) is 0.143. The van der Waals surface area contributed by atoms with Crippen molar-refractivity contribution in [2.45, 2.75) is 26.9 Å². The van der Waals surface area contributed by atoms with Crippen molar-refractivity contribution in [2.24, 2.45) is 0 Å². The first-order valence-corrected chi connectivity index (χ1v) is 12.0. The second-order valence-electron chi connectivity index (χ2n) is 8.52. The van der Waals surface area contributed by atoms with Gasteiger partial charge in [0.05, 0.1) is 18.4 Å². The first-order chi connectivity index (χ1) is 16.5. The molecule has 34 heavy (non-hydrogen) atoms. The minimum absolute atomic E-state index is 0.141. The van der Waals surface area contributed by atoms with Crippen LogP contribution in [0, 0.1) is 13.8 Å². The monoisotopic (exact) mass is 512 g/mol. The average Bonchev–Trinajstić information content (AvgIpc) is 3.38. The molecule has 5 rings (SSSR count). The number of hydrogen-bond donors (Lipinski definition) is 1. The van der Waals surface area contributed by atoms with Crippen LogP contribution in [0.15, 0.2) is 89.7 Å². The molecule has 1 N–H and O–H groups in total. The SMILES string of the molecule is Cc1c(C)n(Cc2ccccc2)c2ccc(C(=O)Nc3cnn(Cc4ccc(Br)cc4)c3)cc12. The summed E-state index contributed by atoms with van der Waals surface area (Å²) in [6, 6.07) is 24.5. The maximum absolute atomic E-state index is 13.0. The van der Waals surface area contributed by atoms with Gasteiger partial charge in [-0.3, -0.25) is 9.48 Å². The fourth-order valence-electron chi connectivity index (χ4n) is 4.26. The van der Waals surface area contributed by atoms with Gasteiger partial charge in [0.15, 0.2) is 0 Å². The first kappa shape index (κ1) is 22.2. The quantitative estimate of drug-likeness (QED) is 0.279. The van der Waals surface area contributed by atoms with E-state index in [1.807, 2.05) is 59.4 Å². The zero-order valence-corrected chi connectivity index (χ0v) is 20.7. The highest BCUT2D eigenvalue weighted by atomic mass is 79.9. The number of nitrogens with zero attached hydrogens (tertiary/aromatic N) is 3. The third-order valence-corrected chi connectivity index (χ3v) is 6.76. The van der Waals surface area contributed by atoms with E-state index in [4.69, 9.17) is 0 Å². The number of aromatic nitrogens is 3. The third kappa shape index (κ3) is 4.54. The van der Waals surface area contributed by atoms with Crippen molar-refractivity contribution < 1.29 is 4.79 Å². The molecule has 3 aromatic carbocycles. The third-order valence-electron chi connectivity index (χ3n) is 6.23. The molecule has 0 fully saturated rings. The number of carbonyl (C=O) groups excluding carboxylic acids is 1. The Morgan fingerprint density at radius 1 is 0.941 bits per heavy atom. The van der Waals surface area contributed by atoms with E-state index < -0.39 is 0 Å². The van der Waals surface area contributed by atoms with E-state index in [1.165, 1.54) is 16.8 Å². The predicted octanol–water partition coefficient (Wildman–Crippen LogP) is 6.57. The van der Waals surface area contributed by atoms with Crippen LogP contribution in [-0.2, 0) is 13.1 Å². The largest absolute Gasteiger partial charge is 0.340 e. The van der Waals surface area contributed by atoms with Gasteiger partial charge in [0.2, 0.25) is 0 Å². The predicted molar refractivity (Wildman–Crippen MR) is 140 cm³/mol. The topological polar surface area (TPSA) is 51.9 Å². The molecule has 2 aromatic heterocycles. The van der Waals surface area contributed by atoms with Crippen LogP contribution in [0.2, 0.25) is 0 Å². The number of aryl methyl sites for hydroxylation is 1. The molecule has 0 saturated carbocycles. The summed E-state index contributed by atoms with van der Waals surface area (Å²) in [4.78, 5) is 13.0. The van der Waals surface area contributed by atoms with Crippen molar-refractivity contribution >= 4 is 38.4 Å². The number of halogens is 1. The highest BCUT2D eigenvalue weighted by Gasteiger charge is 2.15. The van der Waals surface area contributed by atoms with Crippen LogP contribution in [0.3, 0.4) is 0 Å². The number of hydrogen-bond acceptors (Lipinski definition) is 2. The van der Waals surface area contributed by atoms with Crippen LogP contribution >= 0.6 is 15.9 Å². The summed E-state index contributed by atoms with van der Waals surface area (Å²) in [5.74, 6) is -0.141. The lowest BCUT2D eigenvalue weighted by atomic mass is 10.1. The number of carbonyl (C=O) groups is 1. The molecule has 2 heterocycles. The summed E-state index contributed by atoms with van der Waals surface area (Å²) < 4.78 is 5.18. The summed E-state index contributed by atoms with van der Waals surface area (Å²) in [7, 11) is 0. The molecule has 0 atom stereocenters. The second-order valence-corrected chi connectivity index (χ2v) is 9.44. The van der Waals surface area contributed by atoms with Crippen LogP contribution in [0.25, 0.3) is 10.9 Å². The van der Waals surface area contributed by atoms with E-state index in [0.717, 1.165) is 27.5 Å². The smallest absolute Gasteiger partial charge is 0.255 e. The standard InChI is InChI=1S/C28H25BrN4O/c1-19-20(2)33(17-21-6-4-3-5-7-21)27-13-10-23(14-26(19)27)28(34)31-25-15-30-32(18-25)16-22-8-11-24(29)12-9-22/h3-15,18H,16-17H2,1-2H3,(H,31,34). The lowest BCUT2D eigenvalue weighted by molar-refractivity contribution is 0.102. The normalized spacial score (nSPS) is 11.1. The number of fused-ring (bicyclic) bond motifs is 1.